The van der Waals surface area contributed by atoms with Crippen molar-refractivity contribution in [2.45, 2.75) is 14.4 Å². The van der Waals surface area contributed by atoms with Crippen molar-refractivity contribution < 1.29 is 9.15 Å². The van der Waals surface area contributed by atoms with Gasteiger partial charge in [0.05, 0.1) is 0 Å². The van der Waals surface area contributed by atoms with Crippen molar-refractivity contribution >= 4 is 11.0 Å². The molecule has 1 aromatic heterocycles. The van der Waals surface area contributed by atoms with Gasteiger partial charge in [0.2, 0.25) is 0 Å². The predicted molar refractivity (Wildman–Crippen MR) is 82.9 cm³/mol. The van der Waals surface area contributed by atoms with Crippen LogP contribution in [0.4, 0.5) is 0 Å². The average molecular weight is 270 g/mol. The lowest BCUT2D eigenvalue weighted by Crippen LogP contribution is -1.95. The zero-order valence-corrected chi connectivity index (χ0v) is 10.6. The summed E-state index contributed by atoms with van der Waals surface area (Å²) in [6, 6.07) is 8.45. The van der Waals surface area contributed by atoms with Crippen LogP contribution in [0.3, 0.4) is 0 Å². The molecule has 2 aromatic rings. The van der Waals surface area contributed by atoms with E-state index in [1.54, 1.807) is 24.3 Å². The molecule has 2 rings (SSSR count). The number of hydrogen-bond acceptors (Lipinski definition) is 3. The number of rotatable bonds is 4. The molecule has 1 heterocycles. The van der Waals surface area contributed by atoms with Gasteiger partial charge in [-0.15, -0.1) is 0 Å². The Kier molecular flexibility index (Phi) is 5.54. The van der Waals surface area contributed by atoms with Crippen molar-refractivity contribution in [1.29, 1.82) is 0 Å². The van der Waals surface area contributed by atoms with Crippen molar-refractivity contribution in [3.63, 3.8) is 0 Å². The van der Waals surface area contributed by atoms with Crippen molar-refractivity contribution in [3.05, 3.63) is 77.4 Å². The van der Waals surface area contributed by atoms with E-state index in [4.69, 9.17) is 9.15 Å². The highest BCUT2D eigenvalue weighted by molar-refractivity contribution is 5.77. The third kappa shape index (κ3) is 3.72. The van der Waals surface area contributed by atoms with Gasteiger partial charge < -0.3 is 9.15 Å². The summed E-state index contributed by atoms with van der Waals surface area (Å²) in [5, 5.41) is 0.851. The Morgan fingerprint density at radius 3 is 2.75 bits per heavy atom. The number of fused-ring (bicyclic) bond motifs is 1. The second-order valence-electron chi connectivity index (χ2n) is 3.86. The standard InChI is InChI=1S/C16H14O3.CH4/c1-3-5-6-13(4-2)18-14-9-7-12-8-10-16(17)19-15(12)11-14;/h3-11H,2H2,1H3;1H4/b5-3-,13-6+;. The monoisotopic (exact) mass is 270 g/mol. The molecule has 0 amide bonds. The molecule has 0 aliphatic rings. The van der Waals surface area contributed by atoms with Gasteiger partial charge in [-0.1, -0.05) is 26.2 Å². The zero-order chi connectivity index (χ0) is 13.7. The summed E-state index contributed by atoms with van der Waals surface area (Å²) in [4.78, 5) is 11.2. The first kappa shape index (κ1) is 15.5. The van der Waals surface area contributed by atoms with E-state index in [0.717, 1.165) is 5.39 Å². The molecule has 20 heavy (non-hydrogen) atoms. The Bertz CT molecular complexity index is 705. The van der Waals surface area contributed by atoms with Crippen LogP contribution >= 0.6 is 0 Å². The summed E-state index contributed by atoms with van der Waals surface area (Å²) in [6.45, 7) is 5.60. The van der Waals surface area contributed by atoms with E-state index in [0.29, 0.717) is 17.1 Å². The molecule has 0 aliphatic heterocycles. The van der Waals surface area contributed by atoms with Crippen LogP contribution in [0.25, 0.3) is 11.0 Å². The molecule has 0 N–H and O–H groups in total. The van der Waals surface area contributed by atoms with Crippen LogP contribution in [0.2, 0.25) is 0 Å². The van der Waals surface area contributed by atoms with Crippen molar-refractivity contribution in [3.8, 4) is 5.75 Å². The van der Waals surface area contributed by atoms with Gasteiger partial charge in [0.25, 0.3) is 0 Å². The first-order valence-corrected chi connectivity index (χ1v) is 5.90. The Morgan fingerprint density at radius 2 is 2.05 bits per heavy atom. The predicted octanol–water partition coefficient (Wildman–Crippen LogP) is 4.45. The number of ether oxygens (including phenoxy) is 1. The normalized spacial score (nSPS) is 11.3. The Labute approximate surface area is 118 Å². The van der Waals surface area contributed by atoms with E-state index in [9.17, 15) is 4.79 Å². The molecule has 3 nitrogen and oxygen atoms in total. The Morgan fingerprint density at radius 1 is 1.30 bits per heavy atom. The molecule has 0 saturated heterocycles. The quantitative estimate of drug-likeness (QED) is 0.468. The molecule has 0 spiro atoms. The van der Waals surface area contributed by atoms with Crippen LogP contribution in [0.1, 0.15) is 14.4 Å². The van der Waals surface area contributed by atoms with Gasteiger partial charge in [0.1, 0.15) is 17.1 Å². The van der Waals surface area contributed by atoms with Gasteiger partial charge in [-0.05, 0) is 37.3 Å². The average Bonchev–Trinajstić information content (AvgIpc) is 2.43. The van der Waals surface area contributed by atoms with Crippen LogP contribution in [-0.2, 0) is 0 Å². The molecule has 0 atom stereocenters. The first-order chi connectivity index (χ1) is 9.22. The van der Waals surface area contributed by atoms with Crippen LogP contribution in [0.15, 0.2) is 76.2 Å². The smallest absolute Gasteiger partial charge is 0.336 e. The Balaban J connectivity index is 0.00000200. The molecular weight excluding hydrogens is 252 g/mol. The topological polar surface area (TPSA) is 39.4 Å². The van der Waals surface area contributed by atoms with E-state index >= 15 is 0 Å². The summed E-state index contributed by atoms with van der Waals surface area (Å²) >= 11 is 0. The number of hydrogen-bond donors (Lipinski definition) is 0. The molecule has 0 fully saturated rings. The molecule has 0 radical (unpaired) electrons. The van der Waals surface area contributed by atoms with Crippen LogP contribution in [-0.4, -0.2) is 0 Å². The largest absolute Gasteiger partial charge is 0.457 e. The van der Waals surface area contributed by atoms with E-state index in [-0.39, 0.29) is 13.1 Å². The summed E-state index contributed by atoms with van der Waals surface area (Å²) in [6.07, 6.45) is 7.17. The fourth-order valence-corrected chi connectivity index (χ4v) is 1.58. The maximum Gasteiger partial charge on any atom is 0.336 e. The number of allylic oxidation sites excluding steroid dienone is 4. The van der Waals surface area contributed by atoms with Gasteiger partial charge in [-0.3, -0.25) is 0 Å². The third-order valence-corrected chi connectivity index (χ3v) is 2.48. The van der Waals surface area contributed by atoms with Gasteiger partial charge in [0.15, 0.2) is 0 Å². The second-order valence-corrected chi connectivity index (χ2v) is 3.86. The minimum absolute atomic E-state index is 0. The third-order valence-electron chi connectivity index (χ3n) is 2.48. The van der Waals surface area contributed by atoms with Crippen molar-refractivity contribution in [2.24, 2.45) is 0 Å². The van der Waals surface area contributed by atoms with E-state index in [1.807, 2.05) is 31.2 Å². The summed E-state index contributed by atoms with van der Waals surface area (Å²) in [5.41, 5.74) is 0.123. The molecule has 0 unspecified atom stereocenters. The lowest BCUT2D eigenvalue weighted by Gasteiger charge is -2.06. The maximum atomic E-state index is 11.2. The highest BCUT2D eigenvalue weighted by Crippen LogP contribution is 2.21. The summed E-state index contributed by atoms with van der Waals surface area (Å²) in [7, 11) is 0. The van der Waals surface area contributed by atoms with Gasteiger partial charge in [0, 0.05) is 17.5 Å². The van der Waals surface area contributed by atoms with Crippen LogP contribution < -0.4 is 10.4 Å². The SMILES string of the molecule is C.C=C/C(=C\C=C/C)Oc1ccc2ccc(=O)oc2c1. The first-order valence-electron chi connectivity index (χ1n) is 5.90. The van der Waals surface area contributed by atoms with E-state index in [1.165, 1.54) is 6.07 Å². The van der Waals surface area contributed by atoms with Gasteiger partial charge in [-0.2, -0.15) is 0 Å². The van der Waals surface area contributed by atoms with E-state index in [2.05, 4.69) is 6.58 Å². The Hall–Kier alpha value is -2.55. The lowest BCUT2D eigenvalue weighted by molar-refractivity contribution is 0.443. The summed E-state index contributed by atoms with van der Waals surface area (Å²) in [5.74, 6) is 1.22. The van der Waals surface area contributed by atoms with Gasteiger partial charge >= 0.3 is 5.63 Å². The zero-order valence-electron chi connectivity index (χ0n) is 10.6. The molecule has 3 heteroatoms. The minimum Gasteiger partial charge on any atom is -0.457 e. The molecule has 1 aromatic carbocycles. The van der Waals surface area contributed by atoms with E-state index < -0.39 is 0 Å². The fourth-order valence-electron chi connectivity index (χ4n) is 1.58. The number of benzene rings is 1. The van der Waals surface area contributed by atoms with Gasteiger partial charge in [-0.25, -0.2) is 4.79 Å². The second kappa shape index (κ2) is 7.14. The molecule has 0 aliphatic carbocycles. The van der Waals surface area contributed by atoms with Crippen LogP contribution in [0, 0.1) is 0 Å². The molecule has 0 saturated carbocycles. The maximum absolute atomic E-state index is 11.2. The summed E-state index contributed by atoms with van der Waals surface area (Å²) < 4.78 is 10.7. The minimum atomic E-state index is -0.377. The van der Waals surface area contributed by atoms with Crippen molar-refractivity contribution in [1.82, 2.24) is 0 Å². The highest BCUT2D eigenvalue weighted by atomic mass is 16.5. The van der Waals surface area contributed by atoms with Crippen molar-refractivity contribution in [2.75, 3.05) is 0 Å². The highest BCUT2D eigenvalue weighted by Gasteiger charge is 2.01. The molecular formula is C17H18O3. The van der Waals surface area contributed by atoms with Crippen LogP contribution in [0.5, 0.6) is 5.75 Å². The lowest BCUT2D eigenvalue weighted by atomic mass is 10.2. The molecule has 0 bridgehead atoms. The molecule has 104 valence electrons. The fraction of sp³-hybridized carbons (Fsp3) is 0.118.